The first-order valence-electron chi connectivity index (χ1n) is 5.84. The minimum Gasteiger partial charge on any atom is -0.478 e. The number of nitrogens with one attached hydrogen (secondary N) is 1. The van der Waals surface area contributed by atoms with Crippen LogP contribution in [0.1, 0.15) is 10.4 Å². The molecule has 0 atom stereocenters. The summed E-state index contributed by atoms with van der Waals surface area (Å²) in [6.45, 7) is 3.39. The highest BCUT2D eigenvalue weighted by atomic mass is 16.4. The molecule has 0 spiro atoms. The van der Waals surface area contributed by atoms with Crippen LogP contribution in [0.4, 0.5) is 6.01 Å². The smallest absolute Gasteiger partial charge is 0.339 e. The summed E-state index contributed by atoms with van der Waals surface area (Å²) >= 11 is 0. The van der Waals surface area contributed by atoms with E-state index in [0.29, 0.717) is 17.1 Å². The Balaban J connectivity index is 2.04. The summed E-state index contributed by atoms with van der Waals surface area (Å²) < 4.78 is 5.61. The van der Waals surface area contributed by atoms with Crippen molar-refractivity contribution in [2.24, 2.45) is 0 Å². The molecule has 3 rings (SSSR count). The molecule has 18 heavy (non-hydrogen) atoms. The Bertz CT molecular complexity index is 587. The van der Waals surface area contributed by atoms with Gasteiger partial charge >= 0.3 is 5.97 Å². The third-order valence-corrected chi connectivity index (χ3v) is 3.02. The van der Waals surface area contributed by atoms with E-state index in [1.54, 1.807) is 12.1 Å². The number of carbonyl (C=O) groups is 1. The van der Waals surface area contributed by atoms with E-state index in [-0.39, 0.29) is 5.56 Å². The number of aromatic nitrogens is 1. The van der Waals surface area contributed by atoms with Crippen LogP contribution in [0.5, 0.6) is 0 Å². The van der Waals surface area contributed by atoms with Crippen molar-refractivity contribution in [1.82, 2.24) is 10.3 Å². The van der Waals surface area contributed by atoms with E-state index < -0.39 is 5.97 Å². The molecular weight excluding hydrogens is 234 g/mol. The van der Waals surface area contributed by atoms with Crippen molar-refractivity contribution in [3.05, 3.63) is 23.8 Å². The van der Waals surface area contributed by atoms with E-state index in [1.807, 2.05) is 4.90 Å². The molecule has 1 aliphatic rings. The van der Waals surface area contributed by atoms with Crippen molar-refractivity contribution in [2.45, 2.75) is 0 Å². The first-order chi connectivity index (χ1) is 8.75. The monoisotopic (exact) mass is 247 g/mol. The number of carboxylic acids is 1. The number of aromatic carboxylic acids is 1. The van der Waals surface area contributed by atoms with Gasteiger partial charge in [-0.3, -0.25) is 0 Å². The van der Waals surface area contributed by atoms with Gasteiger partial charge in [-0.05, 0) is 12.1 Å². The van der Waals surface area contributed by atoms with Gasteiger partial charge in [0.2, 0.25) is 0 Å². The normalized spacial score (nSPS) is 16.1. The molecule has 6 heteroatoms. The Hall–Kier alpha value is -2.08. The number of nitrogens with zero attached hydrogens (tertiary/aromatic N) is 2. The molecule has 0 amide bonds. The summed E-state index contributed by atoms with van der Waals surface area (Å²) in [5.41, 5.74) is 1.09. The quantitative estimate of drug-likeness (QED) is 0.822. The van der Waals surface area contributed by atoms with E-state index in [0.717, 1.165) is 26.2 Å². The molecule has 1 fully saturated rings. The second kappa shape index (κ2) is 4.30. The molecule has 0 saturated carbocycles. The number of anilines is 1. The number of benzene rings is 1. The third kappa shape index (κ3) is 1.80. The van der Waals surface area contributed by atoms with E-state index in [4.69, 9.17) is 9.52 Å². The van der Waals surface area contributed by atoms with Crippen LogP contribution in [-0.2, 0) is 0 Å². The predicted molar refractivity (Wildman–Crippen MR) is 66.1 cm³/mol. The molecular formula is C12H13N3O3. The number of piperazine rings is 1. The van der Waals surface area contributed by atoms with E-state index in [9.17, 15) is 4.79 Å². The maximum Gasteiger partial charge on any atom is 0.339 e. The van der Waals surface area contributed by atoms with Gasteiger partial charge in [-0.1, -0.05) is 6.07 Å². The van der Waals surface area contributed by atoms with Crippen LogP contribution in [0.2, 0.25) is 0 Å². The summed E-state index contributed by atoms with van der Waals surface area (Å²) in [5, 5.41) is 12.3. The molecule has 1 aliphatic heterocycles. The van der Waals surface area contributed by atoms with Gasteiger partial charge in [-0.15, -0.1) is 0 Å². The lowest BCUT2D eigenvalue weighted by Crippen LogP contribution is -2.43. The molecule has 6 nitrogen and oxygen atoms in total. The SMILES string of the molecule is O=C(O)c1cccc2nc(N3CCNCC3)oc12. The maximum atomic E-state index is 11.1. The highest BCUT2D eigenvalue weighted by Crippen LogP contribution is 2.25. The molecule has 2 aromatic rings. The molecule has 0 radical (unpaired) electrons. The Morgan fingerprint density at radius 1 is 1.39 bits per heavy atom. The minimum absolute atomic E-state index is 0.154. The zero-order chi connectivity index (χ0) is 12.5. The lowest BCUT2D eigenvalue weighted by molar-refractivity contribution is 0.0698. The van der Waals surface area contributed by atoms with Crippen LogP contribution in [0, 0.1) is 0 Å². The topological polar surface area (TPSA) is 78.6 Å². The third-order valence-electron chi connectivity index (χ3n) is 3.02. The van der Waals surface area contributed by atoms with Crippen molar-refractivity contribution in [2.75, 3.05) is 31.1 Å². The number of oxazole rings is 1. The van der Waals surface area contributed by atoms with Gasteiger partial charge in [0, 0.05) is 26.2 Å². The fraction of sp³-hybridized carbons (Fsp3) is 0.333. The summed E-state index contributed by atoms with van der Waals surface area (Å²) in [4.78, 5) is 17.5. The van der Waals surface area contributed by atoms with Crippen LogP contribution in [0.25, 0.3) is 11.1 Å². The number of hydrogen-bond acceptors (Lipinski definition) is 5. The first-order valence-corrected chi connectivity index (χ1v) is 5.84. The van der Waals surface area contributed by atoms with Crippen LogP contribution in [0.3, 0.4) is 0 Å². The zero-order valence-corrected chi connectivity index (χ0v) is 9.72. The zero-order valence-electron chi connectivity index (χ0n) is 9.72. The second-order valence-electron chi connectivity index (χ2n) is 4.19. The molecule has 1 aromatic heterocycles. The van der Waals surface area contributed by atoms with E-state index in [1.165, 1.54) is 6.07 Å². The number of hydrogen-bond donors (Lipinski definition) is 2. The maximum absolute atomic E-state index is 11.1. The van der Waals surface area contributed by atoms with Gasteiger partial charge in [0.25, 0.3) is 6.01 Å². The van der Waals surface area contributed by atoms with E-state index in [2.05, 4.69) is 10.3 Å². The summed E-state index contributed by atoms with van der Waals surface area (Å²) in [6, 6.07) is 5.46. The molecule has 1 saturated heterocycles. The molecule has 1 aromatic carbocycles. The highest BCUT2D eigenvalue weighted by molar-refractivity contribution is 6.00. The molecule has 2 heterocycles. The van der Waals surface area contributed by atoms with Crippen molar-refractivity contribution in [1.29, 1.82) is 0 Å². The van der Waals surface area contributed by atoms with Gasteiger partial charge < -0.3 is 19.7 Å². The lowest BCUT2D eigenvalue weighted by Gasteiger charge is -2.25. The number of rotatable bonds is 2. The van der Waals surface area contributed by atoms with Crippen molar-refractivity contribution in [3.63, 3.8) is 0 Å². The fourth-order valence-corrected chi connectivity index (χ4v) is 2.10. The van der Waals surface area contributed by atoms with Gasteiger partial charge in [0.1, 0.15) is 11.1 Å². The van der Waals surface area contributed by atoms with Crippen LogP contribution in [0.15, 0.2) is 22.6 Å². The van der Waals surface area contributed by atoms with Gasteiger partial charge in [0.05, 0.1) is 0 Å². The van der Waals surface area contributed by atoms with Crippen LogP contribution in [-0.4, -0.2) is 42.2 Å². The Morgan fingerprint density at radius 2 is 2.17 bits per heavy atom. The lowest BCUT2D eigenvalue weighted by atomic mass is 10.2. The van der Waals surface area contributed by atoms with Crippen LogP contribution < -0.4 is 10.2 Å². The molecule has 0 unspecified atom stereocenters. The summed E-state index contributed by atoms with van der Waals surface area (Å²) in [7, 11) is 0. The van der Waals surface area contributed by atoms with Crippen LogP contribution >= 0.6 is 0 Å². The molecule has 94 valence electrons. The number of fused-ring (bicyclic) bond motifs is 1. The molecule has 2 N–H and O–H groups in total. The Morgan fingerprint density at radius 3 is 2.89 bits per heavy atom. The standard InChI is InChI=1S/C12H13N3O3/c16-11(17)8-2-1-3-9-10(8)18-12(14-9)15-6-4-13-5-7-15/h1-3,13H,4-7H2,(H,16,17). The molecule has 0 bridgehead atoms. The second-order valence-corrected chi connectivity index (χ2v) is 4.19. The predicted octanol–water partition coefficient (Wildman–Crippen LogP) is 0.936. The Labute approximate surface area is 103 Å². The van der Waals surface area contributed by atoms with Gasteiger partial charge in [-0.2, -0.15) is 4.98 Å². The van der Waals surface area contributed by atoms with Crippen molar-refractivity contribution in [3.8, 4) is 0 Å². The highest BCUT2D eigenvalue weighted by Gasteiger charge is 2.19. The number of para-hydroxylation sites is 1. The fourth-order valence-electron chi connectivity index (χ4n) is 2.10. The Kier molecular flexibility index (Phi) is 2.64. The largest absolute Gasteiger partial charge is 0.478 e. The summed E-state index contributed by atoms with van der Waals surface area (Å²) in [5.74, 6) is -0.997. The van der Waals surface area contributed by atoms with E-state index >= 15 is 0 Å². The first kappa shape index (κ1) is 11.0. The van der Waals surface area contributed by atoms with Crippen molar-refractivity contribution < 1.29 is 14.3 Å². The van der Waals surface area contributed by atoms with Crippen molar-refractivity contribution >= 4 is 23.1 Å². The summed E-state index contributed by atoms with van der Waals surface area (Å²) in [6.07, 6.45) is 0. The number of carboxylic acid groups (broad SMARTS) is 1. The minimum atomic E-state index is -0.997. The average molecular weight is 247 g/mol. The van der Waals surface area contributed by atoms with Gasteiger partial charge in [0.15, 0.2) is 5.58 Å². The average Bonchev–Trinajstić information content (AvgIpc) is 2.83. The van der Waals surface area contributed by atoms with Gasteiger partial charge in [-0.25, -0.2) is 4.79 Å². The molecule has 0 aliphatic carbocycles.